The molecule has 9 heteroatoms. The molecule has 0 saturated carbocycles. The van der Waals surface area contributed by atoms with Gasteiger partial charge in [-0.1, -0.05) is 51.3 Å². The Kier molecular flexibility index (Phi) is 14.0. The summed E-state index contributed by atoms with van der Waals surface area (Å²) in [5.41, 5.74) is 7.13. The second kappa shape index (κ2) is 15.3. The van der Waals surface area contributed by atoms with Gasteiger partial charge in [-0.25, -0.2) is 4.39 Å². The van der Waals surface area contributed by atoms with Crippen LogP contribution < -0.4 is 10.5 Å². The molecule has 2 rings (SSSR count). The number of carbonyl (C=O) groups is 1. The first-order valence-electron chi connectivity index (χ1n) is 10.6. The summed E-state index contributed by atoms with van der Waals surface area (Å²) in [6, 6.07) is 5.13. The Morgan fingerprint density at radius 1 is 1.19 bits per heavy atom. The lowest BCUT2D eigenvalue weighted by atomic mass is 9.90. The Bertz CT molecular complexity index is 779. The maximum atomic E-state index is 12.8. The van der Waals surface area contributed by atoms with Crippen LogP contribution in [-0.4, -0.2) is 17.8 Å². The van der Waals surface area contributed by atoms with E-state index in [1.54, 1.807) is 6.92 Å². The Hall–Kier alpha value is -2.58. The van der Waals surface area contributed by atoms with Crippen LogP contribution in [0.5, 0.6) is 5.75 Å². The fourth-order valence-electron chi connectivity index (χ4n) is 2.79. The zero-order valence-corrected chi connectivity index (χ0v) is 19.3. The monoisotopic (exact) mass is 462 g/mol. The summed E-state index contributed by atoms with van der Waals surface area (Å²) in [4.78, 5) is 8.81. The van der Waals surface area contributed by atoms with Crippen molar-refractivity contribution in [1.82, 2.24) is 5.16 Å². The predicted molar refractivity (Wildman–Crippen MR) is 117 cm³/mol. The summed E-state index contributed by atoms with van der Waals surface area (Å²) in [7, 11) is 0. The largest absolute Gasteiger partial charge is 0.573 e. The SMILES string of the molecule is CC=O.CCCC(CCC(C)CC)c1cc(N)on1.Cc1ccc(OC(F)(F)F)c(F)c1. The Balaban J connectivity index is 0.000000543. The van der Waals surface area contributed by atoms with Crippen molar-refractivity contribution in [1.29, 1.82) is 0 Å². The molecular weight excluding hydrogens is 428 g/mol. The number of ether oxygens (including phenoxy) is 1. The van der Waals surface area contributed by atoms with Crippen LogP contribution >= 0.6 is 0 Å². The van der Waals surface area contributed by atoms with E-state index in [2.05, 4.69) is 30.7 Å². The average molecular weight is 463 g/mol. The third-order valence-corrected chi connectivity index (χ3v) is 4.62. The minimum atomic E-state index is -4.85. The molecule has 1 heterocycles. The van der Waals surface area contributed by atoms with E-state index in [9.17, 15) is 17.6 Å². The smallest absolute Gasteiger partial charge is 0.403 e. The molecule has 182 valence electrons. The molecule has 2 atom stereocenters. The lowest BCUT2D eigenvalue weighted by Gasteiger charge is -2.15. The quantitative estimate of drug-likeness (QED) is 0.331. The maximum absolute atomic E-state index is 12.8. The second-order valence-corrected chi connectivity index (χ2v) is 7.45. The molecular formula is C23H34F4N2O3. The summed E-state index contributed by atoms with van der Waals surface area (Å²) in [6.45, 7) is 9.77. The fourth-order valence-corrected chi connectivity index (χ4v) is 2.79. The van der Waals surface area contributed by atoms with E-state index in [-0.39, 0.29) is 0 Å². The molecule has 2 aromatic rings. The topological polar surface area (TPSA) is 78.4 Å². The third kappa shape index (κ3) is 13.0. The molecule has 2 unspecified atom stereocenters. The van der Waals surface area contributed by atoms with E-state index in [1.807, 2.05) is 6.07 Å². The molecule has 0 amide bonds. The summed E-state index contributed by atoms with van der Waals surface area (Å²) in [5.74, 6) is -0.0845. The zero-order valence-electron chi connectivity index (χ0n) is 19.3. The van der Waals surface area contributed by atoms with Crippen LogP contribution in [0.4, 0.5) is 23.4 Å². The number of halogens is 4. The molecule has 0 radical (unpaired) electrons. The van der Waals surface area contributed by atoms with Crippen molar-refractivity contribution in [2.24, 2.45) is 5.92 Å². The van der Waals surface area contributed by atoms with Crippen molar-refractivity contribution in [2.75, 3.05) is 5.73 Å². The van der Waals surface area contributed by atoms with Gasteiger partial charge in [0.05, 0.1) is 5.69 Å². The van der Waals surface area contributed by atoms with Crippen LogP contribution in [0, 0.1) is 18.7 Å². The van der Waals surface area contributed by atoms with E-state index >= 15 is 0 Å². The lowest BCUT2D eigenvalue weighted by molar-refractivity contribution is -0.275. The number of benzene rings is 1. The summed E-state index contributed by atoms with van der Waals surface area (Å²) >= 11 is 0. The van der Waals surface area contributed by atoms with Gasteiger partial charge in [0.2, 0.25) is 5.88 Å². The molecule has 5 nitrogen and oxygen atoms in total. The number of aryl methyl sites for hydroxylation is 1. The summed E-state index contributed by atoms with van der Waals surface area (Å²) in [6.07, 6.45) is 1.94. The molecule has 0 fully saturated rings. The van der Waals surface area contributed by atoms with Gasteiger partial charge in [-0.2, -0.15) is 0 Å². The number of hydrogen-bond donors (Lipinski definition) is 1. The molecule has 0 bridgehead atoms. The fraction of sp³-hybridized carbons (Fsp3) is 0.565. The molecule has 0 aliphatic rings. The number of aldehydes is 1. The van der Waals surface area contributed by atoms with Gasteiger partial charge in [-0.15, -0.1) is 13.2 Å². The van der Waals surface area contributed by atoms with Crippen LogP contribution in [0.25, 0.3) is 0 Å². The van der Waals surface area contributed by atoms with E-state index < -0.39 is 17.9 Å². The molecule has 0 spiro atoms. The number of alkyl halides is 3. The molecule has 1 aromatic heterocycles. The normalized spacial score (nSPS) is 12.5. The minimum absolute atomic E-state index is 0.430. The summed E-state index contributed by atoms with van der Waals surface area (Å²) < 4.78 is 56.0. The average Bonchev–Trinajstić information content (AvgIpc) is 3.13. The Morgan fingerprint density at radius 3 is 2.25 bits per heavy atom. The first-order chi connectivity index (χ1) is 15.0. The molecule has 2 N–H and O–H groups in total. The number of carbonyl (C=O) groups excluding carboxylic acids is 1. The van der Waals surface area contributed by atoms with Gasteiger partial charge in [0.15, 0.2) is 11.6 Å². The van der Waals surface area contributed by atoms with Crippen LogP contribution in [-0.2, 0) is 4.79 Å². The first-order valence-corrected chi connectivity index (χ1v) is 10.6. The Labute approximate surface area is 187 Å². The molecule has 32 heavy (non-hydrogen) atoms. The van der Waals surface area contributed by atoms with Crippen LogP contribution in [0.2, 0.25) is 0 Å². The van der Waals surface area contributed by atoms with Crippen LogP contribution in [0.1, 0.15) is 77.0 Å². The van der Waals surface area contributed by atoms with E-state index in [0.717, 1.165) is 30.0 Å². The number of anilines is 1. The van der Waals surface area contributed by atoms with Gasteiger partial charge in [0, 0.05) is 12.0 Å². The number of hydrogen-bond acceptors (Lipinski definition) is 5. The second-order valence-electron chi connectivity index (χ2n) is 7.45. The molecule has 0 saturated heterocycles. The van der Waals surface area contributed by atoms with Gasteiger partial charge < -0.3 is 19.8 Å². The van der Waals surface area contributed by atoms with E-state index in [0.29, 0.717) is 17.4 Å². The molecule has 0 aliphatic heterocycles. The van der Waals surface area contributed by atoms with Crippen molar-refractivity contribution in [2.45, 2.75) is 79.0 Å². The number of nitrogens with two attached hydrogens (primary N) is 1. The van der Waals surface area contributed by atoms with Crippen molar-refractivity contribution in [3.8, 4) is 5.75 Å². The Morgan fingerprint density at radius 2 is 1.81 bits per heavy atom. The number of nitrogens with zero attached hydrogens (tertiary/aromatic N) is 1. The highest BCUT2D eigenvalue weighted by Gasteiger charge is 2.32. The van der Waals surface area contributed by atoms with Gasteiger partial charge >= 0.3 is 6.36 Å². The van der Waals surface area contributed by atoms with E-state index in [4.69, 9.17) is 15.1 Å². The summed E-state index contributed by atoms with van der Waals surface area (Å²) in [5, 5.41) is 4.04. The standard InChI is InChI=1S/C13H24N2O.C8H6F4O.C2H4O/c1-4-6-11(8-7-10(3)5-2)12-9-13(14)16-15-12;1-5-2-3-7(6(9)4-5)13-8(10,11)12;1-2-3/h9-11H,4-8,14H2,1-3H3;2-4H,1H3;2H,1H3. The van der Waals surface area contributed by atoms with Crippen molar-refractivity contribution >= 4 is 12.2 Å². The van der Waals surface area contributed by atoms with Gasteiger partial charge in [0.1, 0.15) is 6.29 Å². The lowest BCUT2D eigenvalue weighted by Crippen LogP contribution is -2.17. The zero-order chi connectivity index (χ0) is 24.7. The van der Waals surface area contributed by atoms with Crippen LogP contribution in [0.3, 0.4) is 0 Å². The third-order valence-electron chi connectivity index (χ3n) is 4.62. The minimum Gasteiger partial charge on any atom is -0.403 e. The van der Waals surface area contributed by atoms with Crippen molar-refractivity contribution < 1.29 is 31.6 Å². The number of aromatic nitrogens is 1. The highest BCUT2D eigenvalue weighted by Crippen LogP contribution is 2.29. The van der Waals surface area contributed by atoms with Crippen LogP contribution in [0.15, 0.2) is 28.8 Å². The highest BCUT2D eigenvalue weighted by molar-refractivity contribution is 5.44. The van der Waals surface area contributed by atoms with Crippen molar-refractivity contribution in [3.05, 3.63) is 41.3 Å². The predicted octanol–water partition coefficient (Wildman–Crippen LogP) is 7.20. The van der Waals surface area contributed by atoms with Gasteiger partial charge in [-0.3, -0.25) is 0 Å². The maximum Gasteiger partial charge on any atom is 0.573 e. The first kappa shape index (κ1) is 29.4. The number of rotatable bonds is 8. The highest BCUT2D eigenvalue weighted by atomic mass is 19.4. The number of nitrogen functional groups attached to an aromatic ring is 1. The molecule has 1 aromatic carbocycles. The van der Waals surface area contributed by atoms with Gasteiger partial charge in [-0.05, 0) is 50.3 Å². The van der Waals surface area contributed by atoms with Gasteiger partial charge in [0.25, 0.3) is 0 Å². The van der Waals surface area contributed by atoms with E-state index in [1.165, 1.54) is 45.1 Å². The van der Waals surface area contributed by atoms with Crippen molar-refractivity contribution in [3.63, 3.8) is 0 Å². The molecule has 0 aliphatic carbocycles.